The fourth-order valence-corrected chi connectivity index (χ4v) is 3.15. The lowest BCUT2D eigenvalue weighted by Crippen LogP contribution is -2.34. The molecule has 0 aliphatic heterocycles. The molecule has 0 saturated carbocycles. The summed E-state index contributed by atoms with van der Waals surface area (Å²) in [6.07, 6.45) is 1.75. The molecule has 2 aromatic carbocycles. The molecule has 1 amide bonds. The van der Waals surface area contributed by atoms with Gasteiger partial charge >= 0.3 is 0 Å². The van der Waals surface area contributed by atoms with Gasteiger partial charge in [0, 0.05) is 29.7 Å². The van der Waals surface area contributed by atoms with Crippen LogP contribution in [0.2, 0.25) is 0 Å². The largest absolute Gasteiger partial charge is 0.482 e. The average molecular weight is 430 g/mol. The molecule has 10 nitrogen and oxygen atoms in total. The standard InChI is InChI=1S/C22H22N8O2/c1-13(2)25-20(31)12-32-19-7-4-14(8-15(19)10-23)21-27-22(30(3)29-21)26-17-5-6-18-16(9-17)11-24-28-18/h4-9,11,13H,12H2,1-3H3,(H,24,28)(H,25,31)(H,26,27,29). The van der Waals surface area contributed by atoms with Gasteiger partial charge in [-0.25, -0.2) is 4.68 Å². The molecule has 0 bridgehead atoms. The van der Waals surface area contributed by atoms with E-state index in [1.54, 1.807) is 36.1 Å². The van der Waals surface area contributed by atoms with Gasteiger partial charge in [-0.05, 0) is 50.2 Å². The molecule has 3 N–H and O–H groups in total. The van der Waals surface area contributed by atoms with Gasteiger partial charge < -0.3 is 15.4 Å². The van der Waals surface area contributed by atoms with Gasteiger partial charge in [-0.2, -0.15) is 15.3 Å². The van der Waals surface area contributed by atoms with E-state index in [1.165, 1.54) is 0 Å². The Morgan fingerprint density at radius 1 is 1.28 bits per heavy atom. The number of carbonyl (C=O) groups excluding carboxylic acids is 1. The van der Waals surface area contributed by atoms with Gasteiger partial charge in [0.15, 0.2) is 12.4 Å². The second-order valence-corrected chi connectivity index (χ2v) is 7.51. The van der Waals surface area contributed by atoms with Crippen molar-refractivity contribution in [1.82, 2.24) is 30.3 Å². The molecule has 0 unspecified atom stereocenters. The van der Waals surface area contributed by atoms with Gasteiger partial charge in [0.05, 0.1) is 17.3 Å². The van der Waals surface area contributed by atoms with Gasteiger partial charge in [0.2, 0.25) is 5.95 Å². The number of amides is 1. The number of aryl methyl sites for hydroxylation is 1. The first kappa shape index (κ1) is 20.9. The third kappa shape index (κ3) is 4.52. The predicted octanol–water partition coefficient (Wildman–Crippen LogP) is 2.88. The van der Waals surface area contributed by atoms with Crippen LogP contribution in [0.25, 0.3) is 22.3 Å². The van der Waals surface area contributed by atoms with Gasteiger partial charge in [-0.15, -0.1) is 5.10 Å². The number of aromatic amines is 1. The minimum atomic E-state index is -0.247. The highest BCUT2D eigenvalue weighted by Crippen LogP contribution is 2.26. The molecule has 0 fully saturated rings. The molecule has 4 rings (SSSR count). The van der Waals surface area contributed by atoms with Crippen molar-refractivity contribution >= 4 is 28.4 Å². The van der Waals surface area contributed by atoms with E-state index in [4.69, 9.17) is 4.74 Å². The number of nitrogens with one attached hydrogen (secondary N) is 3. The van der Waals surface area contributed by atoms with Crippen molar-refractivity contribution in [3.63, 3.8) is 0 Å². The Morgan fingerprint density at radius 3 is 2.91 bits per heavy atom. The van der Waals surface area contributed by atoms with Crippen LogP contribution in [0.5, 0.6) is 5.75 Å². The Kier molecular flexibility index (Phi) is 5.72. The number of nitriles is 1. The number of hydrogen-bond donors (Lipinski definition) is 3. The first-order valence-corrected chi connectivity index (χ1v) is 10.0. The number of fused-ring (bicyclic) bond motifs is 1. The highest BCUT2D eigenvalue weighted by Gasteiger charge is 2.14. The summed E-state index contributed by atoms with van der Waals surface area (Å²) in [4.78, 5) is 16.4. The van der Waals surface area contributed by atoms with Crippen LogP contribution in [0.3, 0.4) is 0 Å². The van der Waals surface area contributed by atoms with Gasteiger partial charge in [-0.1, -0.05) is 0 Å². The van der Waals surface area contributed by atoms with Gasteiger partial charge in [0.1, 0.15) is 11.8 Å². The maximum Gasteiger partial charge on any atom is 0.258 e. The third-order valence-corrected chi connectivity index (χ3v) is 4.63. The highest BCUT2D eigenvalue weighted by atomic mass is 16.5. The van der Waals surface area contributed by atoms with E-state index in [0.29, 0.717) is 28.6 Å². The van der Waals surface area contributed by atoms with E-state index in [2.05, 4.69) is 37.0 Å². The van der Waals surface area contributed by atoms with Crippen LogP contribution in [-0.2, 0) is 11.8 Å². The van der Waals surface area contributed by atoms with Crippen molar-refractivity contribution in [3.8, 4) is 23.2 Å². The molecular formula is C22H22N8O2. The maximum absolute atomic E-state index is 11.8. The molecule has 0 atom stereocenters. The van der Waals surface area contributed by atoms with Gasteiger partial charge in [-0.3, -0.25) is 9.89 Å². The number of H-pyrrole nitrogens is 1. The predicted molar refractivity (Wildman–Crippen MR) is 119 cm³/mol. The second kappa shape index (κ2) is 8.77. The smallest absolute Gasteiger partial charge is 0.258 e. The normalized spacial score (nSPS) is 10.8. The van der Waals surface area contributed by atoms with Crippen LogP contribution >= 0.6 is 0 Å². The fourth-order valence-electron chi connectivity index (χ4n) is 3.15. The fraction of sp³-hybridized carbons (Fsp3) is 0.227. The van der Waals surface area contributed by atoms with Crippen LogP contribution in [0.4, 0.5) is 11.6 Å². The first-order valence-electron chi connectivity index (χ1n) is 10.0. The molecule has 10 heteroatoms. The summed E-state index contributed by atoms with van der Waals surface area (Å²) in [6, 6.07) is 13.0. The summed E-state index contributed by atoms with van der Waals surface area (Å²) in [5, 5.41) is 27.9. The number of rotatable bonds is 7. The molecule has 0 aliphatic carbocycles. The maximum atomic E-state index is 11.8. The van der Waals surface area contributed by atoms with Crippen LogP contribution in [0, 0.1) is 11.3 Å². The van der Waals surface area contributed by atoms with E-state index < -0.39 is 0 Å². The molecule has 0 aliphatic rings. The Bertz CT molecular complexity index is 1320. The second-order valence-electron chi connectivity index (χ2n) is 7.51. The van der Waals surface area contributed by atoms with Crippen molar-refractivity contribution in [3.05, 3.63) is 48.2 Å². The number of carbonyl (C=O) groups is 1. The lowest BCUT2D eigenvalue weighted by atomic mass is 10.1. The summed E-state index contributed by atoms with van der Waals surface area (Å²) in [6.45, 7) is 3.57. The van der Waals surface area contributed by atoms with Crippen molar-refractivity contribution in [2.75, 3.05) is 11.9 Å². The van der Waals surface area contributed by atoms with Crippen LogP contribution in [0.15, 0.2) is 42.6 Å². The quantitative estimate of drug-likeness (QED) is 0.410. The minimum Gasteiger partial charge on any atom is -0.482 e. The molecule has 2 aromatic heterocycles. The number of anilines is 2. The number of nitrogens with zero attached hydrogens (tertiary/aromatic N) is 5. The van der Waals surface area contributed by atoms with Crippen molar-refractivity contribution < 1.29 is 9.53 Å². The number of hydrogen-bond acceptors (Lipinski definition) is 7. The summed E-state index contributed by atoms with van der Waals surface area (Å²) >= 11 is 0. The monoisotopic (exact) mass is 430 g/mol. The topological polar surface area (TPSA) is 134 Å². The van der Waals surface area contributed by atoms with E-state index in [9.17, 15) is 10.1 Å². The van der Waals surface area contributed by atoms with E-state index in [-0.39, 0.29) is 18.6 Å². The summed E-state index contributed by atoms with van der Waals surface area (Å²) in [5.74, 6) is 1.09. The number of benzene rings is 2. The molecule has 0 saturated heterocycles. The zero-order valence-electron chi connectivity index (χ0n) is 17.9. The molecular weight excluding hydrogens is 408 g/mol. The Hall–Kier alpha value is -4.39. The van der Waals surface area contributed by atoms with E-state index in [1.807, 2.05) is 32.0 Å². The van der Waals surface area contributed by atoms with Crippen LogP contribution < -0.4 is 15.4 Å². The van der Waals surface area contributed by atoms with Crippen molar-refractivity contribution in [1.29, 1.82) is 5.26 Å². The Morgan fingerprint density at radius 2 is 2.12 bits per heavy atom. The lowest BCUT2D eigenvalue weighted by molar-refractivity contribution is -0.123. The first-order chi connectivity index (χ1) is 15.4. The zero-order chi connectivity index (χ0) is 22.7. The van der Waals surface area contributed by atoms with Gasteiger partial charge in [0.25, 0.3) is 5.91 Å². The number of ether oxygens (including phenoxy) is 1. The molecule has 32 heavy (non-hydrogen) atoms. The average Bonchev–Trinajstić information content (AvgIpc) is 3.38. The highest BCUT2D eigenvalue weighted by molar-refractivity contribution is 5.82. The molecule has 0 radical (unpaired) electrons. The van der Waals surface area contributed by atoms with E-state index in [0.717, 1.165) is 16.6 Å². The molecule has 2 heterocycles. The third-order valence-electron chi connectivity index (χ3n) is 4.63. The molecule has 4 aromatic rings. The summed E-state index contributed by atoms with van der Waals surface area (Å²) in [5.41, 5.74) is 2.76. The number of aromatic nitrogens is 5. The van der Waals surface area contributed by atoms with Crippen molar-refractivity contribution in [2.45, 2.75) is 19.9 Å². The molecule has 162 valence electrons. The Labute approximate surface area is 184 Å². The van der Waals surface area contributed by atoms with Crippen LogP contribution in [-0.4, -0.2) is 43.5 Å². The summed E-state index contributed by atoms with van der Waals surface area (Å²) < 4.78 is 7.14. The summed E-state index contributed by atoms with van der Waals surface area (Å²) in [7, 11) is 1.78. The SMILES string of the molecule is CC(C)NC(=O)COc1ccc(-c2nc(Nc3ccc4[nH]ncc4c3)n(C)n2)cc1C#N. The van der Waals surface area contributed by atoms with E-state index >= 15 is 0 Å². The lowest BCUT2D eigenvalue weighted by Gasteiger charge is -2.11. The van der Waals surface area contributed by atoms with Crippen LogP contribution in [0.1, 0.15) is 19.4 Å². The zero-order valence-corrected chi connectivity index (χ0v) is 17.9. The Balaban J connectivity index is 1.52. The molecule has 0 spiro atoms. The van der Waals surface area contributed by atoms with Crippen molar-refractivity contribution in [2.24, 2.45) is 7.05 Å². The minimum absolute atomic E-state index is 0.0172.